The highest BCUT2D eigenvalue weighted by molar-refractivity contribution is 5.57. The summed E-state index contributed by atoms with van der Waals surface area (Å²) in [5.41, 5.74) is 2.72. The summed E-state index contributed by atoms with van der Waals surface area (Å²) in [6, 6.07) is 13.6. The van der Waals surface area contributed by atoms with E-state index in [1.807, 2.05) is 49.4 Å². The second-order valence-corrected chi connectivity index (χ2v) is 4.78. The van der Waals surface area contributed by atoms with E-state index in [0.717, 1.165) is 29.0 Å². The Bertz CT molecular complexity index is 567. The molecule has 0 radical (unpaired) electrons. The molecule has 0 aliphatic heterocycles. The Morgan fingerprint density at radius 3 is 2.70 bits per heavy atom. The molecule has 2 aromatic rings. The maximum absolute atomic E-state index is 10.0. The van der Waals surface area contributed by atoms with Crippen LogP contribution in [0.4, 0.5) is 5.69 Å². The maximum Gasteiger partial charge on any atom is 0.142 e. The highest BCUT2D eigenvalue weighted by atomic mass is 16.5. The summed E-state index contributed by atoms with van der Waals surface area (Å²) in [5, 5.41) is 13.3. The van der Waals surface area contributed by atoms with Gasteiger partial charge in [0.25, 0.3) is 0 Å². The van der Waals surface area contributed by atoms with Crippen LogP contribution in [-0.4, -0.2) is 11.7 Å². The van der Waals surface area contributed by atoms with E-state index in [1.54, 1.807) is 0 Å². The van der Waals surface area contributed by atoms with Crippen molar-refractivity contribution in [3.63, 3.8) is 0 Å². The lowest BCUT2D eigenvalue weighted by molar-refractivity contribution is 0.319. The molecular weight excluding hydrogens is 250 g/mol. The van der Waals surface area contributed by atoms with Gasteiger partial charge in [-0.2, -0.15) is 0 Å². The number of aromatic hydroxyl groups is 1. The van der Waals surface area contributed by atoms with E-state index in [-0.39, 0.29) is 0 Å². The molecule has 0 unspecified atom stereocenters. The van der Waals surface area contributed by atoms with E-state index in [4.69, 9.17) is 4.74 Å². The third-order valence-corrected chi connectivity index (χ3v) is 3.14. The van der Waals surface area contributed by atoms with E-state index in [0.29, 0.717) is 18.9 Å². The van der Waals surface area contributed by atoms with Crippen LogP contribution >= 0.6 is 0 Å². The third kappa shape index (κ3) is 3.44. The second kappa shape index (κ2) is 6.85. The number of hydrogen-bond acceptors (Lipinski definition) is 3. The molecule has 0 aromatic heterocycles. The number of ether oxygens (including phenoxy) is 1. The largest absolute Gasteiger partial charge is 0.507 e. The van der Waals surface area contributed by atoms with Gasteiger partial charge in [-0.25, -0.2) is 0 Å². The van der Waals surface area contributed by atoms with Gasteiger partial charge in [0, 0.05) is 12.1 Å². The zero-order valence-electron chi connectivity index (χ0n) is 12.0. The predicted octanol–water partition coefficient (Wildman–Crippen LogP) is 4.10. The first-order valence-electron chi connectivity index (χ1n) is 6.95. The van der Waals surface area contributed by atoms with E-state index in [2.05, 4.69) is 12.2 Å². The average molecular weight is 271 g/mol. The Morgan fingerprint density at radius 1 is 1.10 bits per heavy atom. The average Bonchev–Trinajstić information content (AvgIpc) is 2.47. The molecule has 0 saturated heterocycles. The number of rotatable bonds is 6. The van der Waals surface area contributed by atoms with Gasteiger partial charge in [-0.05, 0) is 31.0 Å². The number of benzene rings is 2. The minimum absolute atomic E-state index is 0.354. The minimum Gasteiger partial charge on any atom is -0.507 e. The predicted molar refractivity (Wildman–Crippen MR) is 82.4 cm³/mol. The fourth-order valence-corrected chi connectivity index (χ4v) is 2.00. The first-order valence-corrected chi connectivity index (χ1v) is 6.95. The lowest BCUT2D eigenvalue weighted by atomic mass is 10.1. The summed E-state index contributed by atoms with van der Waals surface area (Å²) in [4.78, 5) is 0. The molecule has 2 N–H and O–H groups in total. The van der Waals surface area contributed by atoms with Crippen LogP contribution in [0.2, 0.25) is 0 Å². The quantitative estimate of drug-likeness (QED) is 0.831. The third-order valence-electron chi connectivity index (χ3n) is 3.14. The van der Waals surface area contributed by atoms with Crippen molar-refractivity contribution in [2.75, 3.05) is 11.9 Å². The van der Waals surface area contributed by atoms with E-state index >= 15 is 0 Å². The van der Waals surface area contributed by atoms with Gasteiger partial charge < -0.3 is 15.2 Å². The Balaban J connectivity index is 2.09. The molecule has 0 spiro atoms. The molecule has 0 amide bonds. The van der Waals surface area contributed by atoms with Crippen LogP contribution < -0.4 is 10.1 Å². The first kappa shape index (κ1) is 14.3. The Hall–Kier alpha value is -2.16. The fourth-order valence-electron chi connectivity index (χ4n) is 2.00. The monoisotopic (exact) mass is 271 g/mol. The molecule has 0 aliphatic carbocycles. The number of hydrogen-bond donors (Lipinski definition) is 2. The van der Waals surface area contributed by atoms with Crippen molar-refractivity contribution in [2.24, 2.45) is 0 Å². The van der Waals surface area contributed by atoms with Gasteiger partial charge in [0.05, 0.1) is 12.3 Å². The van der Waals surface area contributed by atoms with Crippen LogP contribution in [0.5, 0.6) is 11.5 Å². The van der Waals surface area contributed by atoms with E-state index in [1.165, 1.54) is 0 Å². The van der Waals surface area contributed by atoms with Gasteiger partial charge in [-0.15, -0.1) is 0 Å². The first-order chi connectivity index (χ1) is 9.72. The van der Waals surface area contributed by atoms with E-state index < -0.39 is 0 Å². The van der Waals surface area contributed by atoms with Crippen molar-refractivity contribution < 1.29 is 9.84 Å². The second-order valence-electron chi connectivity index (χ2n) is 4.78. The van der Waals surface area contributed by atoms with Crippen LogP contribution in [0.1, 0.15) is 24.5 Å². The van der Waals surface area contributed by atoms with Crippen molar-refractivity contribution >= 4 is 5.69 Å². The summed E-state index contributed by atoms with van der Waals surface area (Å²) in [6.45, 7) is 5.26. The molecule has 0 bridgehead atoms. The molecule has 2 aromatic carbocycles. The van der Waals surface area contributed by atoms with Crippen LogP contribution in [0.3, 0.4) is 0 Å². The maximum atomic E-state index is 10.0. The highest BCUT2D eigenvalue weighted by Crippen LogP contribution is 2.27. The van der Waals surface area contributed by atoms with Gasteiger partial charge in [0.15, 0.2) is 0 Å². The lowest BCUT2D eigenvalue weighted by Gasteiger charge is -2.14. The summed E-state index contributed by atoms with van der Waals surface area (Å²) >= 11 is 0. The number of nitrogens with one attached hydrogen (secondary N) is 1. The Labute approximate surface area is 120 Å². The van der Waals surface area contributed by atoms with Crippen LogP contribution in [0.15, 0.2) is 42.5 Å². The van der Waals surface area contributed by atoms with Gasteiger partial charge in [0.1, 0.15) is 11.5 Å². The van der Waals surface area contributed by atoms with Crippen molar-refractivity contribution in [3.8, 4) is 11.5 Å². The molecule has 3 nitrogen and oxygen atoms in total. The van der Waals surface area contributed by atoms with Crippen LogP contribution in [-0.2, 0) is 6.54 Å². The highest BCUT2D eigenvalue weighted by Gasteiger charge is 2.06. The standard InChI is InChI=1S/C17H21NO2/c1-3-11-20-16-10-5-4-9-15(16)18-12-14-8-6-7-13(2)17(14)19/h4-10,18-19H,3,11-12H2,1-2H3. The summed E-state index contributed by atoms with van der Waals surface area (Å²) in [7, 11) is 0. The Morgan fingerprint density at radius 2 is 1.90 bits per heavy atom. The van der Waals surface area contributed by atoms with Gasteiger partial charge >= 0.3 is 0 Å². The molecule has 0 heterocycles. The molecule has 0 saturated carbocycles. The smallest absolute Gasteiger partial charge is 0.142 e. The SMILES string of the molecule is CCCOc1ccccc1NCc1cccc(C)c1O. The van der Waals surface area contributed by atoms with E-state index in [9.17, 15) is 5.11 Å². The minimum atomic E-state index is 0.354. The van der Waals surface area contributed by atoms with Crippen molar-refractivity contribution in [2.45, 2.75) is 26.8 Å². The molecule has 0 fully saturated rings. The fraction of sp³-hybridized carbons (Fsp3) is 0.294. The zero-order chi connectivity index (χ0) is 14.4. The summed E-state index contributed by atoms with van der Waals surface area (Å²) in [5.74, 6) is 1.20. The number of phenolic OH excluding ortho intramolecular Hbond substituents is 1. The lowest BCUT2D eigenvalue weighted by Crippen LogP contribution is -2.03. The number of para-hydroxylation sites is 3. The zero-order valence-corrected chi connectivity index (χ0v) is 12.0. The number of anilines is 1. The van der Waals surface area contributed by atoms with Crippen LogP contribution in [0.25, 0.3) is 0 Å². The topological polar surface area (TPSA) is 41.5 Å². The summed E-state index contributed by atoms with van der Waals surface area (Å²) in [6.07, 6.45) is 0.979. The number of aryl methyl sites for hydroxylation is 1. The van der Waals surface area contributed by atoms with Crippen molar-refractivity contribution in [1.82, 2.24) is 0 Å². The van der Waals surface area contributed by atoms with Gasteiger partial charge in [-0.3, -0.25) is 0 Å². The molecular formula is C17H21NO2. The van der Waals surface area contributed by atoms with Crippen molar-refractivity contribution in [3.05, 3.63) is 53.6 Å². The Kier molecular flexibility index (Phi) is 4.88. The normalized spacial score (nSPS) is 10.3. The molecule has 106 valence electrons. The molecule has 0 atom stereocenters. The van der Waals surface area contributed by atoms with Gasteiger partial charge in [0.2, 0.25) is 0 Å². The summed E-state index contributed by atoms with van der Waals surface area (Å²) < 4.78 is 5.70. The molecule has 3 heteroatoms. The van der Waals surface area contributed by atoms with Gasteiger partial charge in [-0.1, -0.05) is 37.3 Å². The van der Waals surface area contributed by atoms with Crippen molar-refractivity contribution in [1.29, 1.82) is 0 Å². The molecule has 2 rings (SSSR count). The molecule has 20 heavy (non-hydrogen) atoms. The number of phenols is 1. The van der Waals surface area contributed by atoms with Crippen LogP contribution in [0, 0.1) is 6.92 Å². The molecule has 0 aliphatic rings.